The molecule has 1 atom stereocenters. The third-order valence-corrected chi connectivity index (χ3v) is 7.05. The fourth-order valence-electron chi connectivity index (χ4n) is 3.80. The summed E-state index contributed by atoms with van der Waals surface area (Å²) in [5.41, 5.74) is 0.910. The molecule has 0 aliphatic carbocycles. The summed E-state index contributed by atoms with van der Waals surface area (Å²) < 4.78 is 6.36. The van der Waals surface area contributed by atoms with Crippen molar-refractivity contribution in [1.29, 1.82) is 0 Å². The molecule has 0 amide bonds. The number of aromatic nitrogens is 3. The van der Waals surface area contributed by atoms with Crippen molar-refractivity contribution in [2.24, 2.45) is 5.92 Å². The molecule has 2 aromatic heterocycles. The van der Waals surface area contributed by atoms with Gasteiger partial charge in [-0.15, -0.1) is 5.10 Å². The first-order valence-electron chi connectivity index (χ1n) is 9.21. The van der Waals surface area contributed by atoms with Gasteiger partial charge in [-0.25, -0.2) is 4.98 Å². The number of esters is 1. The molecule has 1 aliphatic rings. The summed E-state index contributed by atoms with van der Waals surface area (Å²) in [6.45, 7) is 3.14. The molecule has 154 valence electrons. The van der Waals surface area contributed by atoms with Crippen LogP contribution in [0.15, 0.2) is 18.2 Å². The van der Waals surface area contributed by atoms with E-state index in [2.05, 4.69) is 15.0 Å². The normalized spacial score (nSPS) is 17.0. The molecular weight excluding hydrogens is 435 g/mol. The molecule has 1 saturated heterocycles. The lowest BCUT2D eigenvalue weighted by molar-refractivity contribution is -0.147. The molecule has 1 unspecified atom stereocenters. The Labute approximate surface area is 181 Å². The van der Waals surface area contributed by atoms with Gasteiger partial charge < -0.3 is 9.84 Å². The Bertz CT molecular complexity index is 1060. The fraction of sp³-hybridized carbons (Fsp3) is 0.421. The number of benzene rings is 1. The van der Waals surface area contributed by atoms with Gasteiger partial charge in [0.1, 0.15) is 5.82 Å². The Kier molecular flexibility index (Phi) is 5.70. The summed E-state index contributed by atoms with van der Waals surface area (Å²) in [5.74, 6) is 0.386. The minimum absolute atomic E-state index is 0.0664. The quantitative estimate of drug-likeness (QED) is 0.598. The van der Waals surface area contributed by atoms with Crippen LogP contribution in [0.1, 0.15) is 35.1 Å². The number of methoxy groups -OCH3 is 1. The van der Waals surface area contributed by atoms with Crippen LogP contribution < -0.4 is 0 Å². The van der Waals surface area contributed by atoms with Gasteiger partial charge in [-0.3, -0.25) is 9.69 Å². The van der Waals surface area contributed by atoms with Crippen LogP contribution in [0.2, 0.25) is 10.0 Å². The standard InChI is InChI=1S/C19H20Cl2N4O3S/c1-10-22-19-25(23-10)17(26)16(29-19)15(12-3-4-13(20)14(21)9-12)24-7-5-11(6-8-24)18(27)28-2/h3-4,9,11,15,26H,5-8H2,1-2H3. The number of carbonyl (C=O) groups excluding carboxylic acids is 1. The lowest BCUT2D eigenvalue weighted by Crippen LogP contribution is -2.39. The maximum absolute atomic E-state index is 11.9. The van der Waals surface area contributed by atoms with Crippen molar-refractivity contribution in [3.05, 3.63) is 44.5 Å². The number of rotatable bonds is 4. The maximum Gasteiger partial charge on any atom is 0.308 e. The highest BCUT2D eigenvalue weighted by molar-refractivity contribution is 7.17. The third kappa shape index (κ3) is 3.82. The molecule has 1 N–H and O–H groups in total. The topological polar surface area (TPSA) is 80.0 Å². The summed E-state index contributed by atoms with van der Waals surface area (Å²) >= 11 is 13.8. The number of aromatic hydroxyl groups is 1. The first-order valence-corrected chi connectivity index (χ1v) is 10.8. The number of hydrogen-bond donors (Lipinski definition) is 1. The van der Waals surface area contributed by atoms with Crippen LogP contribution in [-0.4, -0.2) is 50.8 Å². The Morgan fingerprint density at radius 1 is 1.31 bits per heavy atom. The molecule has 1 fully saturated rings. The first-order chi connectivity index (χ1) is 13.9. The summed E-state index contributed by atoms with van der Waals surface area (Å²) in [4.78, 5) is 19.9. The SMILES string of the molecule is COC(=O)C1CCN(C(c2ccc(Cl)c(Cl)c2)c2sc3nc(C)nn3c2O)CC1. The van der Waals surface area contributed by atoms with Crippen LogP contribution in [0.25, 0.3) is 4.96 Å². The number of carbonyl (C=O) groups is 1. The molecule has 29 heavy (non-hydrogen) atoms. The van der Waals surface area contributed by atoms with Crippen LogP contribution in [-0.2, 0) is 9.53 Å². The molecular formula is C19H20Cl2N4O3S. The van der Waals surface area contributed by atoms with Gasteiger partial charge in [0, 0.05) is 0 Å². The van der Waals surface area contributed by atoms with Gasteiger partial charge in [-0.05, 0) is 50.6 Å². The van der Waals surface area contributed by atoms with Crippen LogP contribution in [0.5, 0.6) is 5.88 Å². The molecule has 0 bridgehead atoms. The number of nitrogens with zero attached hydrogens (tertiary/aromatic N) is 4. The zero-order valence-corrected chi connectivity index (χ0v) is 18.3. The third-order valence-electron chi connectivity index (χ3n) is 5.24. The number of piperidine rings is 1. The minimum Gasteiger partial charge on any atom is -0.492 e. The smallest absolute Gasteiger partial charge is 0.308 e. The van der Waals surface area contributed by atoms with Crippen molar-refractivity contribution in [2.45, 2.75) is 25.8 Å². The number of halogens is 2. The van der Waals surface area contributed by atoms with E-state index in [1.807, 2.05) is 12.1 Å². The number of likely N-dealkylation sites (tertiary alicyclic amines) is 1. The summed E-state index contributed by atoms with van der Waals surface area (Å²) in [6.07, 6.45) is 1.37. The van der Waals surface area contributed by atoms with Crippen LogP contribution in [0, 0.1) is 12.8 Å². The molecule has 10 heteroatoms. The van der Waals surface area contributed by atoms with Crippen molar-refractivity contribution >= 4 is 45.5 Å². The van der Waals surface area contributed by atoms with Gasteiger partial charge in [-0.1, -0.05) is 40.6 Å². The number of thiazole rings is 1. The maximum atomic E-state index is 11.9. The highest BCUT2D eigenvalue weighted by atomic mass is 35.5. The van der Waals surface area contributed by atoms with E-state index in [-0.39, 0.29) is 23.8 Å². The number of aryl methyl sites for hydroxylation is 1. The van der Waals surface area contributed by atoms with Crippen molar-refractivity contribution in [3.8, 4) is 5.88 Å². The van der Waals surface area contributed by atoms with E-state index in [1.165, 1.54) is 23.0 Å². The lowest BCUT2D eigenvalue weighted by Gasteiger charge is -2.36. The summed E-state index contributed by atoms with van der Waals surface area (Å²) in [5, 5.41) is 16.1. The van der Waals surface area contributed by atoms with Crippen molar-refractivity contribution in [3.63, 3.8) is 0 Å². The van der Waals surface area contributed by atoms with Gasteiger partial charge in [0.05, 0.1) is 34.0 Å². The molecule has 1 aliphatic heterocycles. The van der Waals surface area contributed by atoms with Crippen molar-refractivity contribution < 1.29 is 14.6 Å². The zero-order valence-electron chi connectivity index (χ0n) is 15.9. The average molecular weight is 455 g/mol. The highest BCUT2D eigenvalue weighted by Gasteiger charge is 2.34. The second-order valence-electron chi connectivity index (χ2n) is 7.05. The second-order valence-corrected chi connectivity index (χ2v) is 8.88. The summed E-state index contributed by atoms with van der Waals surface area (Å²) in [7, 11) is 1.42. The number of hydrogen-bond acceptors (Lipinski definition) is 7. The monoisotopic (exact) mass is 454 g/mol. The van der Waals surface area contributed by atoms with Crippen LogP contribution in [0.4, 0.5) is 0 Å². The predicted octanol–water partition coefficient (Wildman–Crippen LogP) is 4.09. The van der Waals surface area contributed by atoms with Crippen molar-refractivity contribution in [2.75, 3.05) is 20.2 Å². The van der Waals surface area contributed by atoms with Crippen molar-refractivity contribution in [1.82, 2.24) is 19.5 Å². The first kappa shape index (κ1) is 20.4. The van der Waals surface area contributed by atoms with Gasteiger partial charge in [0.15, 0.2) is 0 Å². The predicted molar refractivity (Wildman–Crippen MR) is 112 cm³/mol. The molecule has 3 aromatic rings. The number of fused-ring (bicyclic) bond motifs is 1. The van der Waals surface area contributed by atoms with E-state index in [9.17, 15) is 9.90 Å². The average Bonchev–Trinajstić information content (AvgIpc) is 3.22. The van der Waals surface area contributed by atoms with Gasteiger partial charge >= 0.3 is 5.97 Å². The zero-order chi connectivity index (χ0) is 20.7. The molecule has 4 rings (SSSR count). The minimum atomic E-state index is -0.253. The Morgan fingerprint density at radius 3 is 2.66 bits per heavy atom. The molecule has 1 aromatic carbocycles. The Balaban J connectivity index is 1.73. The Morgan fingerprint density at radius 2 is 2.03 bits per heavy atom. The largest absolute Gasteiger partial charge is 0.492 e. The van der Waals surface area contributed by atoms with E-state index in [0.717, 1.165) is 10.4 Å². The Hall–Kier alpha value is -1.87. The molecule has 7 nitrogen and oxygen atoms in total. The lowest BCUT2D eigenvalue weighted by atomic mass is 9.94. The van der Waals surface area contributed by atoms with E-state index in [4.69, 9.17) is 27.9 Å². The molecule has 3 heterocycles. The van der Waals surface area contributed by atoms with E-state index in [0.29, 0.717) is 46.8 Å². The van der Waals surface area contributed by atoms with E-state index < -0.39 is 0 Å². The van der Waals surface area contributed by atoms with Crippen LogP contribution in [0.3, 0.4) is 0 Å². The summed E-state index contributed by atoms with van der Waals surface area (Å²) in [6, 6.07) is 5.23. The molecule has 0 saturated carbocycles. The van der Waals surface area contributed by atoms with E-state index >= 15 is 0 Å². The van der Waals surface area contributed by atoms with Gasteiger partial charge in [0.2, 0.25) is 10.8 Å². The van der Waals surface area contributed by atoms with Crippen LogP contribution >= 0.6 is 34.5 Å². The van der Waals surface area contributed by atoms with Gasteiger partial charge in [0.25, 0.3) is 0 Å². The highest BCUT2D eigenvalue weighted by Crippen LogP contribution is 2.42. The molecule has 0 radical (unpaired) electrons. The van der Waals surface area contributed by atoms with E-state index in [1.54, 1.807) is 13.0 Å². The molecule has 0 spiro atoms. The second kappa shape index (κ2) is 8.10. The van der Waals surface area contributed by atoms with Gasteiger partial charge in [-0.2, -0.15) is 4.52 Å². The fourth-order valence-corrected chi connectivity index (χ4v) is 5.27. The number of ether oxygens (including phenoxy) is 1.